The van der Waals surface area contributed by atoms with Gasteiger partial charge < -0.3 is 5.11 Å². The van der Waals surface area contributed by atoms with Crippen molar-refractivity contribution in [1.82, 2.24) is 4.90 Å². The van der Waals surface area contributed by atoms with Crippen molar-refractivity contribution >= 4 is 0 Å². The summed E-state index contributed by atoms with van der Waals surface area (Å²) in [5.41, 5.74) is 0.439. The number of phenols is 1. The molecule has 0 unspecified atom stereocenters. The summed E-state index contributed by atoms with van der Waals surface area (Å²) in [5.74, 6) is -0.0225. The topological polar surface area (TPSA) is 23.5 Å². The van der Waals surface area contributed by atoms with E-state index in [1.54, 1.807) is 6.07 Å². The summed E-state index contributed by atoms with van der Waals surface area (Å²) in [6.45, 7) is 1.09. The SMILES string of the molecule is CCN(Cc1cccc(O)c1)C(F)(F)F. The van der Waals surface area contributed by atoms with Crippen LogP contribution in [0, 0.1) is 0 Å². The molecule has 0 aliphatic heterocycles. The fourth-order valence-electron chi connectivity index (χ4n) is 1.26. The number of aromatic hydroxyl groups is 1. The molecule has 84 valence electrons. The summed E-state index contributed by atoms with van der Waals surface area (Å²) >= 11 is 0. The van der Waals surface area contributed by atoms with Crippen molar-refractivity contribution in [3.05, 3.63) is 29.8 Å². The predicted molar refractivity (Wildman–Crippen MR) is 50.2 cm³/mol. The van der Waals surface area contributed by atoms with Crippen LogP contribution >= 0.6 is 0 Å². The average molecular weight is 219 g/mol. The van der Waals surface area contributed by atoms with E-state index in [9.17, 15) is 13.2 Å². The zero-order chi connectivity index (χ0) is 11.5. The molecule has 1 N–H and O–H groups in total. The third-order valence-electron chi connectivity index (χ3n) is 2.02. The summed E-state index contributed by atoms with van der Waals surface area (Å²) in [6.07, 6.45) is -4.33. The average Bonchev–Trinajstić information content (AvgIpc) is 2.12. The van der Waals surface area contributed by atoms with E-state index in [0.29, 0.717) is 10.5 Å². The highest BCUT2D eigenvalue weighted by atomic mass is 19.4. The molecule has 0 spiro atoms. The maximum atomic E-state index is 12.4. The monoisotopic (exact) mass is 219 g/mol. The van der Waals surface area contributed by atoms with Crippen LogP contribution < -0.4 is 0 Å². The molecule has 5 heteroatoms. The predicted octanol–water partition coefficient (Wildman–Crippen LogP) is 2.73. The maximum absolute atomic E-state index is 12.4. The van der Waals surface area contributed by atoms with Gasteiger partial charge in [-0.25, -0.2) is 4.90 Å². The smallest absolute Gasteiger partial charge is 0.460 e. The number of benzene rings is 1. The van der Waals surface area contributed by atoms with Gasteiger partial charge in [-0.1, -0.05) is 19.1 Å². The molecule has 0 saturated carbocycles. The van der Waals surface area contributed by atoms with E-state index in [-0.39, 0.29) is 18.8 Å². The van der Waals surface area contributed by atoms with Crippen molar-refractivity contribution in [2.75, 3.05) is 6.54 Å². The second kappa shape index (κ2) is 4.53. The molecule has 0 bridgehead atoms. The summed E-state index contributed by atoms with van der Waals surface area (Å²) in [5, 5.41) is 9.10. The third-order valence-corrected chi connectivity index (χ3v) is 2.02. The van der Waals surface area contributed by atoms with Gasteiger partial charge in [-0.05, 0) is 17.7 Å². The molecule has 1 aromatic rings. The van der Waals surface area contributed by atoms with Crippen LogP contribution in [0.4, 0.5) is 13.2 Å². The van der Waals surface area contributed by atoms with Crippen LogP contribution in [0.1, 0.15) is 12.5 Å². The molecular weight excluding hydrogens is 207 g/mol. The van der Waals surface area contributed by atoms with E-state index in [1.165, 1.54) is 25.1 Å². The number of hydrogen-bond donors (Lipinski definition) is 1. The van der Waals surface area contributed by atoms with Crippen LogP contribution in [0.5, 0.6) is 5.75 Å². The highest BCUT2D eigenvalue weighted by molar-refractivity contribution is 5.26. The molecule has 0 radical (unpaired) electrons. The molecular formula is C10H12F3NO. The first-order valence-corrected chi connectivity index (χ1v) is 4.53. The Kier molecular flexibility index (Phi) is 3.57. The molecule has 1 rings (SSSR count). The number of nitrogens with zero attached hydrogens (tertiary/aromatic N) is 1. The standard InChI is InChI=1S/C10H12F3NO/c1-2-14(10(11,12)13)7-8-4-3-5-9(15)6-8/h3-6,15H,2,7H2,1H3. The van der Waals surface area contributed by atoms with Gasteiger partial charge in [-0.15, -0.1) is 0 Å². The third kappa shape index (κ3) is 3.43. The van der Waals surface area contributed by atoms with Gasteiger partial charge in [-0.2, -0.15) is 13.2 Å². The second-order valence-electron chi connectivity index (χ2n) is 3.15. The van der Waals surface area contributed by atoms with Crippen molar-refractivity contribution in [2.24, 2.45) is 0 Å². The van der Waals surface area contributed by atoms with E-state index in [4.69, 9.17) is 5.11 Å². The van der Waals surface area contributed by atoms with Crippen molar-refractivity contribution in [1.29, 1.82) is 0 Å². The zero-order valence-electron chi connectivity index (χ0n) is 8.25. The Hall–Kier alpha value is -1.23. The van der Waals surface area contributed by atoms with E-state index in [1.807, 2.05) is 0 Å². The minimum atomic E-state index is -4.33. The number of alkyl halides is 3. The Morgan fingerprint density at radius 2 is 2.00 bits per heavy atom. The fraction of sp³-hybridized carbons (Fsp3) is 0.400. The summed E-state index contributed by atoms with van der Waals surface area (Å²) in [4.78, 5) is 0.377. The largest absolute Gasteiger partial charge is 0.508 e. The Labute approximate surface area is 85.9 Å². The normalized spacial score (nSPS) is 12.1. The Morgan fingerprint density at radius 1 is 1.33 bits per heavy atom. The lowest BCUT2D eigenvalue weighted by molar-refractivity contribution is -0.247. The first kappa shape index (κ1) is 11.8. The minimum absolute atomic E-state index is 0.0225. The van der Waals surface area contributed by atoms with Gasteiger partial charge in [0.2, 0.25) is 0 Å². The summed E-state index contributed by atoms with van der Waals surface area (Å²) in [6, 6.07) is 5.82. The Morgan fingerprint density at radius 3 is 2.47 bits per heavy atom. The van der Waals surface area contributed by atoms with Crippen LogP contribution in [0.2, 0.25) is 0 Å². The first-order chi connectivity index (χ1) is 6.93. The van der Waals surface area contributed by atoms with Crippen molar-refractivity contribution in [2.45, 2.75) is 19.8 Å². The van der Waals surface area contributed by atoms with Gasteiger partial charge >= 0.3 is 6.30 Å². The first-order valence-electron chi connectivity index (χ1n) is 4.53. The van der Waals surface area contributed by atoms with Crippen molar-refractivity contribution < 1.29 is 18.3 Å². The van der Waals surface area contributed by atoms with Gasteiger partial charge in [0.25, 0.3) is 0 Å². The van der Waals surface area contributed by atoms with Crippen molar-refractivity contribution in [3.63, 3.8) is 0 Å². The van der Waals surface area contributed by atoms with E-state index >= 15 is 0 Å². The number of phenolic OH excluding ortho intramolecular Hbond substituents is 1. The van der Waals surface area contributed by atoms with Gasteiger partial charge in [0, 0.05) is 13.1 Å². The molecule has 0 saturated heterocycles. The van der Waals surface area contributed by atoms with Crippen molar-refractivity contribution in [3.8, 4) is 5.75 Å². The Bertz CT molecular complexity index is 325. The van der Waals surface area contributed by atoms with Gasteiger partial charge in [-0.3, -0.25) is 0 Å². The lowest BCUT2D eigenvalue weighted by atomic mass is 10.2. The molecule has 2 nitrogen and oxygen atoms in total. The summed E-state index contributed by atoms with van der Waals surface area (Å²) in [7, 11) is 0. The molecule has 0 fully saturated rings. The van der Waals surface area contributed by atoms with Crippen LogP contribution in [0.15, 0.2) is 24.3 Å². The fourth-order valence-corrected chi connectivity index (χ4v) is 1.26. The molecule has 0 aromatic heterocycles. The van der Waals surface area contributed by atoms with Crippen LogP contribution in [-0.2, 0) is 6.54 Å². The highest BCUT2D eigenvalue weighted by Gasteiger charge is 2.35. The molecule has 0 aliphatic rings. The quantitative estimate of drug-likeness (QED) is 0.790. The molecule has 0 aliphatic carbocycles. The minimum Gasteiger partial charge on any atom is -0.508 e. The molecule has 0 amide bonds. The lowest BCUT2D eigenvalue weighted by Gasteiger charge is -2.23. The molecule has 0 atom stereocenters. The van der Waals surface area contributed by atoms with Gasteiger partial charge in [0.15, 0.2) is 0 Å². The lowest BCUT2D eigenvalue weighted by Crippen LogP contribution is -2.37. The number of hydrogen-bond acceptors (Lipinski definition) is 2. The van der Waals surface area contributed by atoms with Crippen LogP contribution in [0.25, 0.3) is 0 Å². The summed E-state index contributed by atoms with van der Waals surface area (Å²) < 4.78 is 37.1. The van der Waals surface area contributed by atoms with E-state index in [0.717, 1.165) is 0 Å². The van der Waals surface area contributed by atoms with Crippen LogP contribution in [0.3, 0.4) is 0 Å². The Balaban J connectivity index is 2.76. The highest BCUT2D eigenvalue weighted by Crippen LogP contribution is 2.23. The number of halogens is 3. The van der Waals surface area contributed by atoms with E-state index < -0.39 is 6.30 Å². The van der Waals surface area contributed by atoms with Gasteiger partial charge in [0.05, 0.1) is 0 Å². The molecule has 0 heterocycles. The zero-order valence-corrected chi connectivity index (χ0v) is 8.25. The number of rotatable bonds is 3. The van der Waals surface area contributed by atoms with E-state index in [2.05, 4.69) is 0 Å². The second-order valence-corrected chi connectivity index (χ2v) is 3.15. The molecule has 15 heavy (non-hydrogen) atoms. The molecule has 1 aromatic carbocycles. The van der Waals surface area contributed by atoms with Gasteiger partial charge in [0.1, 0.15) is 5.75 Å². The maximum Gasteiger partial charge on any atom is 0.460 e. The van der Waals surface area contributed by atoms with Crippen LogP contribution in [-0.4, -0.2) is 22.9 Å².